The Morgan fingerprint density at radius 2 is 1.81 bits per heavy atom. The fourth-order valence-electron chi connectivity index (χ4n) is 2.20. The Morgan fingerprint density at radius 3 is 2.52 bits per heavy atom. The van der Waals surface area contributed by atoms with Crippen molar-refractivity contribution < 1.29 is 4.79 Å². The number of benzene rings is 2. The van der Waals surface area contributed by atoms with Gasteiger partial charge in [0, 0.05) is 16.7 Å². The van der Waals surface area contributed by atoms with Crippen LogP contribution in [0.5, 0.6) is 0 Å². The van der Waals surface area contributed by atoms with Crippen LogP contribution in [0.3, 0.4) is 0 Å². The van der Waals surface area contributed by atoms with Crippen molar-refractivity contribution in [2.24, 2.45) is 0 Å². The van der Waals surface area contributed by atoms with Crippen molar-refractivity contribution in [3.8, 4) is 0 Å². The van der Waals surface area contributed by atoms with Gasteiger partial charge < -0.3 is 10.6 Å². The number of hydrogen-bond acceptors (Lipinski definition) is 2. The maximum atomic E-state index is 12.5. The van der Waals surface area contributed by atoms with Crippen molar-refractivity contribution in [2.75, 3.05) is 11.9 Å². The molecule has 0 bridgehead atoms. The van der Waals surface area contributed by atoms with E-state index < -0.39 is 0 Å². The maximum absolute atomic E-state index is 12.5. The summed E-state index contributed by atoms with van der Waals surface area (Å²) in [5, 5.41) is 6.25. The molecular formula is C17H19BrN2O. The number of nitrogens with one attached hydrogen (secondary N) is 2. The zero-order valence-electron chi connectivity index (χ0n) is 12.2. The van der Waals surface area contributed by atoms with Crippen molar-refractivity contribution >= 4 is 27.5 Å². The van der Waals surface area contributed by atoms with Crippen LogP contribution in [0.2, 0.25) is 0 Å². The van der Waals surface area contributed by atoms with E-state index in [-0.39, 0.29) is 11.9 Å². The summed E-state index contributed by atoms with van der Waals surface area (Å²) < 4.78 is 0.998. The van der Waals surface area contributed by atoms with Gasteiger partial charge in [0.1, 0.15) is 0 Å². The molecule has 1 amide bonds. The molecule has 1 atom stereocenters. The third-order valence-electron chi connectivity index (χ3n) is 3.26. The number of para-hydroxylation sites is 1. The monoisotopic (exact) mass is 346 g/mol. The summed E-state index contributed by atoms with van der Waals surface area (Å²) in [6.45, 7) is 4.77. The van der Waals surface area contributed by atoms with E-state index in [1.165, 1.54) is 0 Å². The lowest BCUT2D eigenvalue weighted by molar-refractivity contribution is 0.0940. The lowest BCUT2D eigenvalue weighted by Gasteiger charge is -2.17. The van der Waals surface area contributed by atoms with Gasteiger partial charge in [-0.3, -0.25) is 4.79 Å². The Kier molecular flexibility index (Phi) is 5.39. The highest BCUT2D eigenvalue weighted by Crippen LogP contribution is 2.23. The second-order valence-corrected chi connectivity index (χ2v) is 5.65. The highest BCUT2D eigenvalue weighted by Gasteiger charge is 2.15. The van der Waals surface area contributed by atoms with Crippen LogP contribution in [0, 0.1) is 0 Å². The van der Waals surface area contributed by atoms with Crippen LogP contribution in [0.1, 0.15) is 35.8 Å². The van der Waals surface area contributed by atoms with Crippen molar-refractivity contribution in [1.82, 2.24) is 5.32 Å². The number of rotatable bonds is 5. The fraction of sp³-hybridized carbons (Fsp3) is 0.235. The predicted octanol–water partition coefficient (Wildman–Crippen LogP) is 4.37. The van der Waals surface area contributed by atoms with Gasteiger partial charge in [-0.25, -0.2) is 0 Å². The number of carbonyl (C=O) groups excluding carboxylic acids is 1. The van der Waals surface area contributed by atoms with Gasteiger partial charge in [0.15, 0.2) is 0 Å². The first-order valence-corrected chi connectivity index (χ1v) is 7.81. The maximum Gasteiger partial charge on any atom is 0.253 e. The molecule has 2 rings (SSSR count). The smallest absolute Gasteiger partial charge is 0.253 e. The molecule has 0 saturated heterocycles. The zero-order chi connectivity index (χ0) is 15.2. The lowest BCUT2D eigenvalue weighted by atomic mass is 10.1. The summed E-state index contributed by atoms with van der Waals surface area (Å²) in [6, 6.07) is 15.4. The van der Waals surface area contributed by atoms with E-state index >= 15 is 0 Å². The number of halogens is 1. The lowest BCUT2D eigenvalue weighted by Crippen LogP contribution is -2.27. The summed E-state index contributed by atoms with van der Waals surface area (Å²) in [5.74, 6) is -0.0743. The molecule has 3 nitrogen and oxygen atoms in total. The summed E-state index contributed by atoms with van der Waals surface area (Å²) in [5.41, 5.74) is 2.59. The molecule has 2 aromatic rings. The zero-order valence-corrected chi connectivity index (χ0v) is 13.8. The highest BCUT2D eigenvalue weighted by molar-refractivity contribution is 9.10. The molecule has 21 heavy (non-hydrogen) atoms. The number of amides is 1. The van der Waals surface area contributed by atoms with Gasteiger partial charge >= 0.3 is 0 Å². The first kappa shape index (κ1) is 15.6. The summed E-state index contributed by atoms with van der Waals surface area (Å²) >= 11 is 3.52. The van der Waals surface area contributed by atoms with Gasteiger partial charge in [0.2, 0.25) is 0 Å². The number of hydrogen-bond donors (Lipinski definition) is 2. The van der Waals surface area contributed by atoms with Crippen LogP contribution in [0.4, 0.5) is 5.69 Å². The summed E-state index contributed by atoms with van der Waals surface area (Å²) in [4.78, 5) is 12.5. The van der Waals surface area contributed by atoms with Gasteiger partial charge in [-0.05, 0) is 37.6 Å². The van der Waals surface area contributed by atoms with Crippen molar-refractivity contribution in [2.45, 2.75) is 19.9 Å². The third-order valence-corrected chi connectivity index (χ3v) is 3.98. The van der Waals surface area contributed by atoms with E-state index in [2.05, 4.69) is 26.6 Å². The van der Waals surface area contributed by atoms with Crippen LogP contribution in [-0.2, 0) is 0 Å². The minimum atomic E-state index is -0.0743. The average molecular weight is 347 g/mol. The molecule has 2 aromatic carbocycles. The fourth-order valence-corrected chi connectivity index (χ4v) is 2.83. The minimum absolute atomic E-state index is 0.0669. The van der Waals surface area contributed by atoms with Crippen LogP contribution in [0.25, 0.3) is 0 Å². The quantitative estimate of drug-likeness (QED) is 0.843. The molecule has 0 spiro atoms. The second-order valence-electron chi connectivity index (χ2n) is 4.79. The first-order chi connectivity index (χ1) is 10.1. The molecule has 0 aliphatic rings. The van der Waals surface area contributed by atoms with Crippen molar-refractivity contribution in [3.63, 3.8) is 0 Å². The Balaban J connectivity index is 2.17. The van der Waals surface area contributed by atoms with Gasteiger partial charge in [0.25, 0.3) is 5.91 Å². The Labute approximate surface area is 133 Å². The van der Waals surface area contributed by atoms with Crippen molar-refractivity contribution in [3.05, 3.63) is 64.1 Å². The van der Waals surface area contributed by atoms with Gasteiger partial charge in [0.05, 0.1) is 11.6 Å². The molecular weight excluding hydrogens is 328 g/mol. The molecule has 4 heteroatoms. The number of anilines is 1. The van der Waals surface area contributed by atoms with E-state index in [9.17, 15) is 4.79 Å². The summed E-state index contributed by atoms with van der Waals surface area (Å²) in [6.07, 6.45) is 0. The average Bonchev–Trinajstić information content (AvgIpc) is 2.48. The molecule has 0 aliphatic carbocycles. The Morgan fingerprint density at radius 1 is 1.14 bits per heavy atom. The second kappa shape index (κ2) is 7.27. The van der Waals surface area contributed by atoms with Crippen LogP contribution in [0.15, 0.2) is 53.0 Å². The normalized spacial score (nSPS) is 11.8. The topological polar surface area (TPSA) is 41.1 Å². The first-order valence-electron chi connectivity index (χ1n) is 7.01. The van der Waals surface area contributed by atoms with E-state index in [1.54, 1.807) is 0 Å². The van der Waals surface area contributed by atoms with E-state index in [0.29, 0.717) is 5.56 Å². The molecule has 0 radical (unpaired) electrons. The van der Waals surface area contributed by atoms with E-state index in [1.807, 2.05) is 62.4 Å². The van der Waals surface area contributed by atoms with Gasteiger partial charge in [-0.2, -0.15) is 0 Å². The van der Waals surface area contributed by atoms with E-state index in [0.717, 1.165) is 22.3 Å². The van der Waals surface area contributed by atoms with Crippen LogP contribution >= 0.6 is 15.9 Å². The SMILES string of the molecule is CCNc1ccccc1C(=O)N[C@@H](C)c1ccccc1Br. The molecule has 110 valence electrons. The molecule has 0 aliphatic heterocycles. The third kappa shape index (κ3) is 3.85. The largest absolute Gasteiger partial charge is 0.385 e. The van der Waals surface area contributed by atoms with Crippen molar-refractivity contribution in [1.29, 1.82) is 0 Å². The molecule has 0 unspecified atom stereocenters. The molecule has 0 saturated carbocycles. The molecule has 0 heterocycles. The molecule has 2 N–H and O–H groups in total. The molecule has 0 fully saturated rings. The highest BCUT2D eigenvalue weighted by atomic mass is 79.9. The molecule has 0 aromatic heterocycles. The van der Waals surface area contributed by atoms with Gasteiger partial charge in [-0.15, -0.1) is 0 Å². The van der Waals surface area contributed by atoms with Crippen LogP contribution in [-0.4, -0.2) is 12.5 Å². The number of carbonyl (C=O) groups is 1. The minimum Gasteiger partial charge on any atom is -0.385 e. The Hall–Kier alpha value is -1.81. The summed E-state index contributed by atoms with van der Waals surface area (Å²) in [7, 11) is 0. The standard InChI is InChI=1S/C17H19BrN2O/c1-3-19-16-11-7-5-9-14(16)17(21)20-12(2)13-8-4-6-10-15(13)18/h4-12,19H,3H2,1-2H3,(H,20,21)/t12-/m0/s1. The van der Waals surface area contributed by atoms with Crippen LogP contribution < -0.4 is 10.6 Å². The van der Waals surface area contributed by atoms with E-state index in [4.69, 9.17) is 0 Å². The van der Waals surface area contributed by atoms with Gasteiger partial charge in [-0.1, -0.05) is 46.3 Å². The Bertz CT molecular complexity index is 628. The predicted molar refractivity (Wildman–Crippen MR) is 90.6 cm³/mol.